The zero-order chi connectivity index (χ0) is 66.4. The van der Waals surface area contributed by atoms with Gasteiger partial charge in [0.05, 0.1) is 6.61 Å². The fourth-order valence-electron chi connectivity index (χ4n) is 7.49. The minimum atomic E-state index is -1.04. The number of carbonyl (C=O) groups is 7. The minimum absolute atomic E-state index is 0.0337. The van der Waals surface area contributed by atoms with Crippen molar-refractivity contribution in [3.8, 4) is 28.7 Å². The van der Waals surface area contributed by atoms with Crippen LogP contribution in [-0.2, 0) is 43.0 Å². The molecule has 480 valence electrons. The summed E-state index contributed by atoms with van der Waals surface area (Å²) in [6.07, 6.45) is 11.2. The van der Waals surface area contributed by atoms with Crippen molar-refractivity contribution >= 4 is 115 Å². The number of rotatable bonds is 11. The molecule has 9 rings (SSSR count). The Bertz CT molecular complexity index is 3310. The number of nitrogens with zero attached hydrogens (tertiary/aromatic N) is 5. The third-order valence-electron chi connectivity index (χ3n) is 11.9. The van der Waals surface area contributed by atoms with E-state index in [-0.39, 0.29) is 69.7 Å². The predicted octanol–water partition coefficient (Wildman–Crippen LogP) is 10.3. The quantitative estimate of drug-likeness (QED) is 0.0367. The van der Waals surface area contributed by atoms with Gasteiger partial charge in [-0.2, -0.15) is 0 Å². The summed E-state index contributed by atoms with van der Waals surface area (Å²) in [4.78, 5) is 99.5. The molecule has 5 atom stereocenters. The second-order valence-electron chi connectivity index (χ2n) is 22.5. The zero-order valence-electron chi connectivity index (χ0n) is 52.0. The number of anilines is 5. The highest BCUT2D eigenvalue weighted by molar-refractivity contribution is 9.10. The van der Waals surface area contributed by atoms with E-state index in [1.54, 1.807) is 68.0 Å². The molecule has 0 bridgehead atoms. The molecule has 5 unspecified atom stereocenters. The van der Waals surface area contributed by atoms with Gasteiger partial charge in [-0.3, -0.25) is 24.0 Å². The molecular weight excluding hydrogens is 1280 g/mol. The van der Waals surface area contributed by atoms with Gasteiger partial charge in [0.25, 0.3) is 23.6 Å². The Hall–Kier alpha value is -8.72. The fraction of sp³-hybridized carbons (Fsp3) is 0.419. The first-order valence-corrected chi connectivity index (χ1v) is 30.0. The lowest BCUT2D eigenvalue weighted by atomic mass is 10.1. The highest BCUT2D eigenvalue weighted by Gasteiger charge is 2.34. The van der Waals surface area contributed by atoms with Crippen LogP contribution in [0.25, 0.3) is 12.2 Å². The zero-order valence-corrected chi connectivity index (χ0v) is 55.2. The molecule has 9 heterocycles. The molecule has 25 nitrogen and oxygen atoms in total. The van der Waals surface area contributed by atoms with Crippen LogP contribution >= 0.6 is 31.9 Å². The maximum absolute atomic E-state index is 11.9. The van der Waals surface area contributed by atoms with E-state index in [0.717, 1.165) is 10.5 Å². The Labute approximate surface area is 534 Å². The van der Waals surface area contributed by atoms with Crippen molar-refractivity contribution in [3.05, 3.63) is 101 Å². The number of ether oxygens (including phenoxy) is 6. The normalized spacial score (nSPS) is 17.1. The first kappa shape index (κ1) is 72.8. The number of hydrogen-bond acceptors (Lipinski definition) is 20. The van der Waals surface area contributed by atoms with Gasteiger partial charge in [-0.15, -0.1) is 0 Å². The molecule has 4 amide bonds. The van der Waals surface area contributed by atoms with Gasteiger partial charge in [0.1, 0.15) is 10.4 Å². The van der Waals surface area contributed by atoms with Gasteiger partial charge in [0.15, 0.2) is 82.3 Å². The van der Waals surface area contributed by atoms with Crippen LogP contribution in [0.15, 0.2) is 90.1 Å². The lowest BCUT2D eigenvalue weighted by Crippen LogP contribution is -2.40. The van der Waals surface area contributed by atoms with Crippen molar-refractivity contribution in [2.24, 2.45) is 29.6 Å². The molecule has 0 saturated heterocycles. The van der Waals surface area contributed by atoms with Crippen molar-refractivity contribution in [2.75, 3.05) is 33.6 Å². The number of hydrogen-bond donors (Lipinski definition) is 7. The number of fused-ring (bicyclic) bond motifs is 4. The molecule has 5 aromatic rings. The summed E-state index contributed by atoms with van der Waals surface area (Å²) in [5.41, 5.74) is 5.91. The lowest BCUT2D eigenvalue weighted by molar-refractivity contribution is -0.148. The number of nitrogens with two attached hydrogens (primary N) is 1. The number of carbonyl (C=O) groups excluding carboxylic acids is 6. The van der Waals surface area contributed by atoms with Crippen molar-refractivity contribution in [2.45, 2.75) is 132 Å². The average Bonchev–Trinajstić information content (AvgIpc) is 1.28. The van der Waals surface area contributed by atoms with Crippen LogP contribution in [0.4, 0.5) is 29.1 Å². The molecule has 0 aromatic carbocycles. The second-order valence-corrected chi connectivity index (χ2v) is 24.4. The number of amides is 4. The number of pyridine rings is 5. The summed E-state index contributed by atoms with van der Waals surface area (Å²) in [5.74, 6) is 2.52. The van der Waals surface area contributed by atoms with Crippen molar-refractivity contribution in [1.82, 2.24) is 24.9 Å². The molecule has 0 spiro atoms. The summed E-state index contributed by atoms with van der Waals surface area (Å²) in [6, 6.07) is 11.9. The maximum atomic E-state index is 11.9. The van der Waals surface area contributed by atoms with Gasteiger partial charge in [0.2, 0.25) is 0 Å². The van der Waals surface area contributed by atoms with Crippen LogP contribution in [0.1, 0.15) is 108 Å². The molecular formula is C62H78Br2N10O15. The maximum Gasteiger partial charge on any atom is 0.331 e. The van der Waals surface area contributed by atoms with Crippen LogP contribution in [0.3, 0.4) is 0 Å². The smallest absolute Gasteiger partial charge is 0.331 e. The number of esters is 2. The van der Waals surface area contributed by atoms with E-state index in [1.165, 1.54) is 30.6 Å². The van der Waals surface area contributed by atoms with Crippen LogP contribution in [0.5, 0.6) is 28.7 Å². The van der Waals surface area contributed by atoms with E-state index in [2.05, 4.69) is 78.0 Å². The number of carboxylic acid groups (broad SMARTS) is 1. The molecule has 5 aromatic heterocycles. The SMILES string of the molecule is CC(C)C1Oc2cc(/C=C/C(=O)O)cnc2NC1=O.CC(C)C1Oc2cc(/C=C/C(=O)OC(C)(C)C)cnc2NC1=O.CC(C)C1Oc2cc(Br)cnc2NC1=O.CC(C)C1Oc2cccnc2NC1=O.CCOC(=O)C(Br)C(C)C.Nc1ncccc1O. The van der Waals surface area contributed by atoms with Crippen molar-refractivity contribution in [1.29, 1.82) is 0 Å². The Morgan fingerprint density at radius 1 is 0.618 bits per heavy atom. The third-order valence-corrected chi connectivity index (χ3v) is 13.8. The van der Waals surface area contributed by atoms with E-state index in [9.17, 15) is 33.6 Å². The molecule has 8 N–H and O–H groups in total. The predicted molar refractivity (Wildman–Crippen MR) is 342 cm³/mol. The first-order chi connectivity index (χ1) is 41.8. The molecule has 27 heteroatoms. The van der Waals surface area contributed by atoms with Crippen LogP contribution in [-0.4, -0.2) is 118 Å². The summed E-state index contributed by atoms with van der Waals surface area (Å²) >= 11 is 6.54. The molecule has 0 aliphatic carbocycles. The standard InChI is InChI=1S/C17H22N2O4.C13H14N2O4.C10H11BrN2O2.C10H12N2O2.C7H13BrO2.C5H6N2O/c1-10(2)14-16(21)19-15-12(22-14)8-11(9-18-15)6-7-13(20)23-17(3,4)5;1-7(2)11-13(18)15-12-9(19-11)5-8(6-14-12)3-4-10(16)17;1-5(2)8-10(14)13-9-7(15-8)3-6(11)4-12-9;1-6(2)8-10(13)12-9-7(14-8)4-3-5-11-9;1-4-10-7(9)6(8)5(2)3;6-5-4(8)2-1-3-7-5/h6-10,14H,1-5H3,(H,18,19,21);3-7,11H,1-2H3,(H,16,17)(H,14,15,18);3-5,8H,1-2H3,(H,12,13,14);3-6,8H,1-2H3,(H,11,12,13);5-6H,4H2,1-3H3;1-3,8H,(H2,6,7)/b7-6+;4-3+;;;;. The van der Waals surface area contributed by atoms with Gasteiger partial charge >= 0.3 is 17.9 Å². The second kappa shape index (κ2) is 34.1. The molecule has 4 aliphatic rings. The van der Waals surface area contributed by atoms with Gasteiger partial charge < -0.3 is 65.6 Å². The summed E-state index contributed by atoms with van der Waals surface area (Å²) in [7, 11) is 0. The number of nitrogens with one attached hydrogen (secondary N) is 4. The number of alkyl halides is 1. The largest absolute Gasteiger partial charge is 0.504 e. The lowest BCUT2D eigenvalue weighted by Gasteiger charge is -2.27. The van der Waals surface area contributed by atoms with E-state index >= 15 is 0 Å². The van der Waals surface area contributed by atoms with Crippen LogP contribution in [0.2, 0.25) is 0 Å². The highest BCUT2D eigenvalue weighted by Crippen LogP contribution is 2.34. The number of halogens is 2. The third kappa shape index (κ3) is 23.4. The topological polar surface area (TPSA) is 354 Å². The number of aromatic nitrogens is 5. The summed E-state index contributed by atoms with van der Waals surface area (Å²) in [5, 5.41) is 28.1. The molecule has 0 saturated carbocycles. The molecule has 0 radical (unpaired) electrons. The monoisotopic (exact) mass is 1360 g/mol. The molecule has 89 heavy (non-hydrogen) atoms. The Balaban J connectivity index is 0.000000235. The van der Waals surface area contributed by atoms with Crippen molar-refractivity contribution < 1.29 is 72.2 Å². The van der Waals surface area contributed by atoms with E-state index in [1.807, 2.05) is 90.0 Å². The molecule has 4 aliphatic heterocycles. The summed E-state index contributed by atoms with van der Waals surface area (Å²) in [6.45, 7) is 27.0. The molecule has 0 fully saturated rings. The van der Waals surface area contributed by atoms with Crippen LogP contribution < -0.4 is 45.9 Å². The average molecular weight is 1360 g/mol. The van der Waals surface area contributed by atoms with E-state index < -0.39 is 42.0 Å². The summed E-state index contributed by atoms with van der Waals surface area (Å²) < 4.78 is 33.2. The van der Waals surface area contributed by atoms with Gasteiger partial charge in [0, 0.05) is 47.6 Å². The van der Waals surface area contributed by atoms with E-state index in [4.69, 9.17) is 44.4 Å². The first-order valence-electron chi connectivity index (χ1n) is 28.3. The minimum Gasteiger partial charge on any atom is -0.504 e. The van der Waals surface area contributed by atoms with Crippen molar-refractivity contribution in [3.63, 3.8) is 0 Å². The van der Waals surface area contributed by atoms with Gasteiger partial charge in [-0.05, 0) is 139 Å². The number of carboxylic acids is 1. The van der Waals surface area contributed by atoms with Gasteiger partial charge in [-0.25, -0.2) is 34.5 Å². The van der Waals surface area contributed by atoms with Crippen LogP contribution in [0, 0.1) is 29.6 Å². The Kier molecular flexibility index (Phi) is 27.9. The number of nitrogen functional groups attached to an aromatic ring is 1. The highest BCUT2D eigenvalue weighted by atomic mass is 79.9. The van der Waals surface area contributed by atoms with E-state index in [0.29, 0.717) is 69.9 Å². The number of aliphatic carboxylic acids is 1. The van der Waals surface area contributed by atoms with Gasteiger partial charge in [-0.1, -0.05) is 85.2 Å². The number of aromatic hydroxyl groups is 1. The fourth-order valence-corrected chi connectivity index (χ4v) is 7.93. The Morgan fingerprint density at radius 2 is 1.01 bits per heavy atom. The Morgan fingerprint density at radius 3 is 1.39 bits per heavy atom.